The average Bonchev–Trinajstić information content (AvgIpc) is 2.16. The second-order valence-electron chi connectivity index (χ2n) is 3.79. The lowest BCUT2D eigenvalue weighted by Crippen LogP contribution is -1.84. The van der Waals surface area contributed by atoms with Crippen molar-refractivity contribution in [3.8, 4) is 0 Å². The largest absolute Gasteiger partial charge is 0.171 e. The Kier molecular flexibility index (Phi) is 2.51. The van der Waals surface area contributed by atoms with Crippen molar-refractivity contribution in [2.75, 3.05) is 0 Å². The first-order chi connectivity index (χ1) is 6.66. The van der Waals surface area contributed by atoms with Gasteiger partial charge in [-0.3, -0.25) is 0 Å². The molecule has 0 aliphatic heterocycles. The Bertz CT molecular complexity index is 458. The molecular formula is C13H14S. The fraction of sp³-hybridized carbons (Fsp3) is 0.231. The highest BCUT2D eigenvalue weighted by Gasteiger charge is 2.00. The number of hydrogen-bond acceptors (Lipinski definition) is 1. The Morgan fingerprint density at radius 2 is 1.71 bits per heavy atom. The molecule has 2 aromatic rings. The molecule has 14 heavy (non-hydrogen) atoms. The molecule has 0 fully saturated rings. The highest BCUT2D eigenvalue weighted by atomic mass is 32.1. The van der Waals surface area contributed by atoms with E-state index in [9.17, 15) is 0 Å². The van der Waals surface area contributed by atoms with Gasteiger partial charge in [0.15, 0.2) is 0 Å². The molecule has 0 aliphatic carbocycles. The molecule has 0 bridgehead atoms. The maximum Gasteiger partial charge on any atom is 0.0239 e. The Labute approximate surface area is 90.4 Å². The van der Waals surface area contributed by atoms with Gasteiger partial charge in [0.2, 0.25) is 0 Å². The first-order valence-corrected chi connectivity index (χ1v) is 5.37. The van der Waals surface area contributed by atoms with Gasteiger partial charge in [-0.1, -0.05) is 42.0 Å². The lowest BCUT2D eigenvalue weighted by molar-refractivity contribution is 1.12. The second kappa shape index (κ2) is 3.66. The summed E-state index contributed by atoms with van der Waals surface area (Å²) in [7, 11) is 0. The molecule has 0 saturated carbocycles. The first-order valence-electron chi connectivity index (χ1n) is 4.85. The minimum absolute atomic E-state index is 0.305. The summed E-state index contributed by atoms with van der Waals surface area (Å²) < 4.78 is 0. The minimum Gasteiger partial charge on any atom is -0.171 e. The van der Waals surface area contributed by atoms with Crippen molar-refractivity contribution in [2.24, 2.45) is 0 Å². The number of thiol groups is 1. The third-order valence-electron chi connectivity index (χ3n) is 2.50. The molecule has 0 saturated heterocycles. The molecule has 0 radical (unpaired) electrons. The van der Waals surface area contributed by atoms with Crippen molar-refractivity contribution in [2.45, 2.75) is 19.1 Å². The Morgan fingerprint density at radius 3 is 2.43 bits per heavy atom. The molecule has 1 unspecified atom stereocenters. The van der Waals surface area contributed by atoms with Gasteiger partial charge < -0.3 is 0 Å². The van der Waals surface area contributed by atoms with Crippen LogP contribution in [0.5, 0.6) is 0 Å². The van der Waals surface area contributed by atoms with Crippen LogP contribution in [0.25, 0.3) is 10.8 Å². The molecule has 0 aliphatic rings. The quantitative estimate of drug-likeness (QED) is 0.660. The van der Waals surface area contributed by atoms with Crippen molar-refractivity contribution < 1.29 is 0 Å². The van der Waals surface area contributed by atoms with Gasteiger partial charge in [0.1, 0.15) is 0 Å². The average molecular weight is 202 g/mol. The van der Waals surface area contributed by atoms with Gasteiger partial charge in [-0.25, -0.2) is 0 Å². The van der Waals surface area contributed by atoms with Crippen molar-refractivity contribution in [3.63, 3.8) is 0 Å². The van der Waals surface area contributed by atoms with E-state index in [1.165, 1.54) is 21.9 Å². The van der Waals surface area contributed by atoms with Crippen LogP contribution in [0.4, 0.5) is 0 Å². The Hall–Kier alpha value is -0.950. The van der Waals surface area contributed by atoms with E-state index in [4.69, 9.17) is 0 Å². The summed E-state index contributed by atoms with van der Waals surface area (Å²) in [5, 5.41) is 2.91. The summed E-state index contributed by atoms with van der Waals surface area (Å²) in [4.78, 5) is 0. The molecule has 2 rings (SSSR count). The van der Waals surface area contributed by atoms with E-state index in [0.29, 0.717) is 5.25 Å². The van der Waals surface area contributed by atoms with Gasteiger partial charge in [0, 0.05) is 5.25 Å². The number of hydrogen-bond donors (Lipinski definition) is 1. The minimum atomic E-state index is 0.305. The summed E-state index contributed by atoms with van der Waals surface area (Å²) in [6.07, 6.45) is 0. The van der Waals surface area contributed by atoms with Gasteiger partial charge in [0.05, 0.1) is 0 Å². The number of benzene rings is 2. The van der Waals surface area contributed by atoms with Crippen LogP contribution in [-0.2, 0) is 0 Å². The van der Waals surface area contributed by atoms with Crippen molar-refractivity contribution in [1.29, 1.82) is 0 Å². The van der Waals surface area contributed by atoms with Gasteiger partial charge in [0.25, 0.3) is 0 Å². The monoisotopic (exact) mass is 202 g/mol. The van der Waals surface area contributed by atoms with Gasteiger partial charge in [-0.05, 0) is 30.2 Å². The second-order valence-corrected chi connectivity index (χ2v) is 4.56. The topological polar surface area (TPSA) is 0 Å². The predicted molar refractivity (Wildman–Crippen MR) is 66.1 cm³/mol. The van der Waals surface area contributed by atoms with Crippen molar-refractivity contribution >= 4 is 23.4 Å². The third kappa shape index (κ3) is 1.78. The summed E-state index contributed by atoms with van der Waals surface area (Å²) in [6.45, 7) is 4.22. The number of aryl methyl sites for hydroxylation is 1. The van der Waals surface area contributed by atoms with E-state index in [1.54, 1.807) is 0 Å². The summed E-state index contributed by atoms with van der Waals surface area (Å²) in [5.74, 6) is 0. The third-order valence-corrected chi connectivity index (χ3v) is 2.80. The maximum atomic E-state index is 4.44. The number of rotatable bonds is 1. The molecule has 0 spiro atoms. The normalized spacial score (nSPS) is 13.1. The predicted octanol–water partition coefficient (Wildman–Crippen LogP) is 4.14. The van der Waals surface area contributed by atoms with Gasteiger partial charge in [-0.15, -0.1) is 0 Å². The lowest BCUT2D eigenvalue weighted by atomic mass is 10.0. The van der Waals surface area contributed by atoms with Crippen LogP contribution in [0, 0.1) is 6.92 Å². The zero-order valence-corrected chi connectivity index (χ0v) is 9.38. The van der Waals surface area contributed by atoms with E-state index in [0.717, 1.165) is 0 Å². The Morgan fingerprint density at radius 1 is 1.00 bits per heavy atom. The highest BCUT2D eigenvalue weighted by molar-refractivity contribution is 7.80. The van der Waals surface area contributed by atoms with E-state index in [1.807, 2.05) is 0 Å². The van der Waals surface area contributed by atoms with Crippen LogP contribution in [0.1, 0.15) is 23.3 Å². The van der Waals surface area contributed by atoms with Crippen LogP contribution < -0.4 is 0 Å². The van der Waals surface area contributed by atoms with Crippen molar-refractivity contribution in [1.82, 2.24) is 0 Å². The molecule has 2 aromatic carbocycles. The summed E-state index contributed by atoms with van der Waals surface area (Å²) in [5.41, 5.74) is 2.59. The zero-order chi connectivity index (χ0) is 10.1. The molecular weight excluding hydrogens is 188 g/mol. The van der Waals surface area contributed by atoms with Gasteiger partial charge in [-0.2, -0.15) is 12.6 Å². The SMILES string of the molecule is Cc1ccc2ccc(C(C)S)cc2c1. The van der Waals surface area contributed by atoms with Crippen LogP contribution >= 0.6 is 12.6 Å². The van der Waals surface area contributed by atoms with E-state index in [-0.39, 0.29) is 0 Å². The first kappa shape index (κ1) is 9.60. The maximum absolute atomic E-state index is 4.44. The van der Waals surface area contributed by atoms with Crippen LogP contribution in [0.2, 0.25) is 0 Å². The Balaban J connectivity index is 2.63. The van der Waals surface area contributed by atoms with Crippen molar-refractivity contribution in [3.05, 3.63) is 47.5 Å². The standard InChI is InChI=1S/C13H14S/c1-9-3-4-11-5-6-12(10(2)14)8-13(11)7-9/h3-8,10,14H,1-2H3. The smallest absolute Gasteiger partial charge is 0.0239 e. The number of fused-ring (bicyclic) bond motifs is 1. The van der Waals surface area contributed by atoms with Crippen LogP contribution in [0.15, 0.2) is 36.4 Å². The zero-order valence-electron chi connectivity index (χ0n) is 8.49. The molecule has 0 nitrogen and oxygen atoms in total. The molecule has 1 heteroatoms. The van der Waals surface area contributed by atoms with Gasteiger partial charge >= 0.3 is 0 Å². The molecule has 1 atom stereocenters. The van der Waals surface area contributed by atoms with E-state index in [2.05, 4.69) is 62.9 Å². The highest BCUT2D eigenvalue weighted by Crippen LogP contribution is 2.24. The van der Waals surface area contributed by atoms with Crippen LogP contribution in [-0.4, -0.2) is 0 Å². The fourth-order valence-corrected chi connectivity index (χ4v) is 1.81. The molecule has 0 heterocycles. The molecule has 0 N–H and O–H groups in total. The van der Waals surface area contributed by atoms with E-state index < -0.39 is 0 Å². The molecule has 72 valence electrons. The molecule has 0 aromatic heterocycles. The van der Waals surface area contributed by atoms with Crippen LogP contribution in [0.3, 0.4) is 0 Å². The summed E-state index contributed by atoms with van der Waals surface area (Å²) >= 11 is 4.44. The molecule has 0 amide bonds. The fourth-order valence-electron chi connectivity index (χ4n) is 1.64. The van der Waals surface area contributed by atoms with E-state index >= 15 is 0 Å². The summed E-state index contributed by atoms with van der Waals surface area (Å²) in [6, 6.07) is 13.1. The lowest BCUT2D eigenvalue weighted by Gasteiger charge is -2.06.